The molecule has 0 saturated carbocycles. The van der Waals surface area contributed by atoms with Gasteiger partial charge in [-0.15, -0.1) is 0 Å². The van der Waals surface area contributed by atoms with E-state index in [1.807, 2.05) is 30.3 Å². The Morgan fingerprint density at radius 3 is 2.45 bits per heavy atom. The van der Waals surface area contributed by atoms with Crippen LogP contribution in [0.2, 0.25) is 0 Å². The van der Waals surface area contributed by atoms with Gasteiger partial charge in [-0.2, -0.15) is 0 Å². The summed E-state index contributed by atoms with van der Waals surface area (Å²) in [4.78, 5) is 19.2. The van der Waals surface area contributed by atoms with Crippen molar-refractivity contribution in [2.45, 2.75) is 0 Å². The molecule has 0 unspecified atom stereocenters. The Hall–Kier alpha value is -4.52. The number of rotatable bonds is 4. The molecule has 150 valence electrons. The normalized spacial score (nSPS) is 11.5. The number of non-ortho nitro benzene ring substituents is 1. The number of benzene rings is 4. The topological polar surface area (TPSA) is 102 Å². The van der Waals surface area contributed by atoms with E-state index in [2.05, 4.69) is 9.98 Å². The first kappa shape index (κ1) is 18.5. The molecule has 0 radical (unpaired) electrons. The first-order valence-electron chi connectivity index (χ1n) is 9.48. The van der Waals surface area contributed by atoms with Crippen LogP contribution in [0.15, 0.2) is 88.3 Å². The second-order valence-corrected chi connectivity index (χ2v) is 6.99. The van der Waals surface area contributed by atoms with Crippen LogP contribution in [0.5, 0.6) is 5.75 Å². The molecule has 7 heteroatoms. The maximum absolute atomic E-state index is 10.7. The van der Waals surface area contributed by atoms with Crippen LogP contribution in [-0.2, 0) is 0 Å². The predicted octanol–water partition coefficient (Wildman–Crippen LogP) is 6.01. The Morgan fingerprint density at radius 1 is 0.968 bits per heavy atom. The molecule has 0 atom stereocenters. The van der Waals surface area contributed by atoms with E-state index in [0.29, 0.717) is 28.2 Å². The number of oxazole rings is 1. The highest BCUT2D eigenvalue weighted by Gasteiger charge is 2.14. The highest BCUT2D eigenvalue weighted by molar-refractivity contribution is 5.90. The molecule has 1 aromatic heterocycles. The fraction of sp³-hybridized carbons (Fsp3) is 0. The van der Waals surface area contributed by atoms with E-state index >= 15 is 0 Å². The summed E-state index contributed by atoms with van der Waals surface area (Å²) < 4.78 is 5.85. The molecule has 5 rings (SSSR count). The van der Waals surface area contributed by atoms with Crippen LogP contribution in [0.25, 0.3) is 33.3 Å². The van der Waals surface area contributed by atoms with Gasteiger partial charge in [0.1, 0.15) is 11.3 Å². The van der Waals surface area contributed by atoms with E-state index in [1.54, 1.807) is 42.6 Å². The van der Waals surface area contributed by atoms with Crippen molar-refractivity contribution in [3.8, 4) is 17.2 Å². The molecular weight excluding hydrogens is 394 g/mol. The van der Waals surface area contributed by atoms with Gasteiger partial charge in [-0.1, -0.05) is 24.3 Å². The van der Waals surface area contributed by atoms with Gasteiger partial charge in [-0.05, 0) is 58.8 Å². The second kappa shape index (κ2) is 7.38. The van der Waals surface area contributed by atoms with Crippen LogP contribution >= 0.6 is 0 Å². The minimum atomic E-state index is -0.440. The monoisotopic (exact) mass is 409 g/mol. The van der Waals surface area contributed by atoms with Gasteiger partial charge in [-0.3, -0.25) is 15.1 Å². The molecule has 0 saturated heterocycles. The number of nitro groups is 1. The molecule has 0 amide bonds. The molecule has 4 aromatic carbocycles. The van der Waals surface area contributed by atoms with Gasteiger partial charge >= 0.3 is 0 Å². The van der Waals surface area contributed by atoms with Gasteiger partial charge in [0.15, 0.2) is 5.58 Å². The number of hydrogen-bond donors (Lipinski definition) is 1. The smallest absolute Gasteiger partial charge is 0.269 e. The fourth-order valence-corrected chi connectivity index (χ4v) is 3.34. The van der Waals surface area contributed by atoms with E-state index in [0.717, 1.165) is 16.3 Å². The van der Waals surface area contributed by atoms with Gasteiger partial charge in [-0.25, -0.2) is 4.98 Å². The van der Waals surface area contributed by atoms with Crippen LogP contribution < -0.4 is 0 Å². The molecule has 31 heavy (non-hydrogen) atoms. The maximum Gasteiger partial charge on any atom is 0.269 e. The molecule has 0 bridgehead atoms. The summed E-state index contributed by atoms with van der Waals surface area (Å²) in [5, 5.41) is 23.1. The summed E-state index contributed by atoms with van der Waals surface area (Å²) in [7, 11) is 0. The highest BCUT2D eigenvalue weighted by Crippen LogP contribution is 2.35. The van der Waals surface area contributed by atoms with E-state index < -0.39 is 4.92 Å². The van der Waals surface area contributed by atoms with Crippen molar-refractivity contribution in [1.82, 2.24) is 4.98 Å². The third kappa shape index (κ3) is 3.60. The van der Waals surface area contributed by atoms with E-state index in [9.17, 15) is 15.2 Å². The van der Waals surface area contributed by atoms with Crippen molar-refractivity contribution in [2.75, 3.05) is 0 Å². The lowest BCUT2D eigenvalue weighted by molar-refractivity contribution is -0.384. The summed E-state index contributed by atoms with van der Waals surface area (Å²) >= 11 is 0. The van der Waals surface area contributed by atoms with E-state index in [4.69, 9.17) is 4.42 Å². The van der Waals surface area contributed by atoms with Gasteiger partial charge in [0.2, 0.25) is 5.89 Å². The van der Waals surface area contributed by atoms with Crippen LogP contribution in [-0.4, -0.2) is 21.2 Å². The first-order chi connectivity index (χ1) is 15.1. The van der Waals surface area contributed by atoms with Crippen molar-refractivity contribution in [1.29, 1.82) is 0 Å². The summed E-state index contributed by atoms with van der Waals surface area (Å²) in [5.74, 6) is 0.427. The zero-order valence-corrected chi connectivity index (χ0v) is 16.1. The van der Waals surface area contributed by atoms with Crippen LogP contribution in [0, 0.1) is 10.1 Å². The lowest BCUT2D eigenvalue weighted by atomic mass is 10.1. The summed E-state index contributed by atoms with van der Waals surface area (Å²) in [6.07, 6.45) is 1.63. The fourth-order valence-electron chi connectivity index (χ4n) is 3.34. The highest BCUT2D eigenvalue weighted by atomic mass is 16.6. The number of nitro benzene ring substituents is 1. The average molecular weight is 409 g/mol. The van der Waals surface area contributed by atoms with Crippen LogP contribution in [0.3, 0.4) is 0 Å². The quantitative estimate of drug-likeness (QED) is 0.222. The molecule has 0 aliphatic heterocycles. The largest absolute Gasteiger partial charge is 0.507 e. The summed E-state index contributed by atoms with van der Waals surface area (Å²) in [6.45, 7) is 0. The van der Waals surface area contributed by atoms with Crippen molar-refractivity contribution >= 4 is 39.5 Å². The number of phenolic OH excluding ortho intramolecular Hbond substituents is 1. The number of nitrogens with zero attached hydrogens (tertiary/aromatic N) is 3. The number of aromatic nitrogens is 1. The minimum Gasteiger partial charge on any atom is -0.507 e. The third-order valence-electron chi connectivity index (χ3n) is 4.93. The molecule has 5 aromatic rings. The average Bonchev–Trinajstić information content (AvgIpc) is 3.20. The van der Waals surface area contributed by atoms with Crippen LogP contribution in [0.4, 0.5) is 11.4 Å². The van der Waals surface area contributed by atoms with Gasteiger partial charge in [0, 0.05) is 18.3 Å². The molecule has 0 fully saturated rings. The molecule has 0 spiro atoms. The lowest BCUT2D eigenvalue weighted by Gasteiger charge is -2.03. The maximum atomic E-state index is 10.7. The van der Waals surface area contributed by atoms with Crippen molar-refractivity contribution in [2.24, 2.45) is 4.99 Å². The van der Waals surface area contributed by atoms with E-state index in [1.165, 1.54) is 12.1 Å². The zero-order valence-electron chi connectivity index (χ0n) is 16.1. The van der Waals surface area contributed by atoms with E-state index in [-0.39, 0.29) is 11.4 Å². The zero-order chi connectivity index (χ0) is 21.4. The summed E-state index contributed by atoms with van der Waals surface area (Å²) in [5.41, 5.74) is 3.15. The molecule has 1 N–H and O–H groups in total. The van der Waals surface area contributed by atoms with Crippen LogP contribution in [0.1, 0.15) is 5.56 Å². The Bertz CT molecular complexity index is 1470. The van der Waals surface area contributed by atoms with Crippen molar-refractivity contribution in [3.63, 3.8) is 0 Å². The Morgan fingerprint density at radius 2 is 1.71 bits per heavy atom. The minimum absolute atomic E-state index is 0.0330. The first-order valence-corrected chi connectivity index (χ1v) is 9.48. The lowest BCUT2D eigenvalue weighted by Crippen LogP contribution is -1.88. The number of fused-ring (bicyclic) bond motifs is 2. The third-order valence-corrected chi connectivity index (χ3v) is 4.93. The van der Waals surface area contributed by atoms with Gasteiger partial charge in [0.05, 0.1) is 16.2 Å². The number of aromatic hydroxyl groups is 1. The number of phenols is 1. The molecule has 0 aliphatic carbocycles. The van der Waals surface area contributed by atoms with Gasteiger partial charge in [0.25, 0.3) is 5.69 Å². The Kier molecular flexibility index (Phi) is 4.41. The molecular formula is C24H15N3O4. The molecule has 0 aliphatic rings. The van der Waals surface area contributed by atoms with Crippen molar-refractivity contribution in [3.05, 3.63) is 94.5 Å². The number of hydrogen-bond acceptors (Lipinski definition) is 6. The van der Waals surface area contributed by atoms with Gasteiger partial charge < -0.3 is 9.52 Å². The Labute approximate surface area is 176 Å². The Balaban J connectivity index is 1.46. The molecule has 7 nitrogen and oxygen atoms in total. The summed E-state index contributed by atoms with van der Waals surface area (Å²) in [6, 6.07) is 22.8. The SMILES string of the molecule is O=[N+]([O-])c1ccc(C=Nc2ccc3oc(-c4cc5ccccc5cc4O)nc3c2)cc1. The van der Waals surface area contributed by atoms with Crippen molar-refractivity contribution < 1.29 is 14.4 Å². The molecule has 1 heterocycles. The number of aliphatic imine (C=N–C) groups is 1. The second-order valence-electron chi connectivity index (χ2n) is 6.99. The standard InChI is InChI=1S/C24H15N3O4/c28-22-12-17-4-2-1-3-16(17)11-20(22)24-26-21-13-18(7-10-23(21)31-24)25-14-15-5-8-19(9-6-15)27(29)30/h1-14,28H. The predicted molar refractivity (Wildman–Crippen MR) is 119 cm³/mol.